The van der Waals surface area contributed by atoms with E-state index in [0.717, 1.165) is 6.42 Å². The number of aliphatic carboxylic acids is 1. The number of fused-ring (bicyclic) bond motifs is 1. The van der Waals surface area contributed by atoms with Crippen LogP contribution in [0.1, 0.15) is 25.7 Å². The zero-order valence-corrected chi connectivity index (χ0v) is 12.7. The van der Waals surface area contributed by atoms with Gasteiger partial charge in [-0.05, 0) is 25.0 Å². The lowest BCUT2D eigenvalue weighted by molar-refractivity contribution is -0.137. The Kier molecular flexibility index (Phi) is 5.90. The number of pyridine rings is 1. The smallest absolute Gasteiger partial charge is 0.303 e. The van der Waals surface area contributed by atoms with Gasteiger partial charge in [0, 0.05) is 19.2 Å². The maximum atomic E-state index is 11.9. The van der Waals surface area contributed by atoms with Crippen LogP contribution in [0.5, 0.6) is 5.75 Å². The summed E-state index contributed by atoms with van der Waals surface area (Å²) in [5, 5.41) is 11.2. The SMILES string of the molecule is O=C(O)CCCCCNC(=O)CN1C(=O)COc2cccnc21. The monoisotopic (exact) mass is 321 g/mol. The third-order valence-electron chi connectivity index (χ3n) is 3.35. The Labute approximate surface area is 133 Å². The van der Waals surface area contributed by atoms with Gasteiger partial charge in [0.2, 0.25) is 5.91 Å². The number of carbonyl (C=O) groups excluding carboxylic acids is 2. The van der Waals surface area contributed by atoms with Gasteiger partial charge in [-0.15, -0.1) is 0 Å². The molecule has 1 aliphatic heterocycles. The summed E-state index contributed by atoms with van der Waals surface area (Å²) in [6.45, 7) is 0.231. The topological polar surface area (TPSA) is 109 Å². The summed E-state index contributed by atoms with van der Waals surface area (Å²) in [6.07, 6.45) is 3.69. The predicted octanol–water partition coefficient (Wildman–Crippen LogP) is 0.568. The van der Waals surface area contributed by atoms with Crippen molar-refractivity contribution >= 4 is 23.6 Å². The van der Waals surface area contributed by atoms with E-state index in [0.29, 0.717) is 31.0 Å². The highest BCUT2D eigenvalue weighted by atomic mass is 16.5. The number of unbranched alkanes of at least 4 members (excludes halogenated alkanes) is 2. The summed E-state index contributed by atoms with van der Waals surface area (Å²) < 4.78 is 5.26. The minimum Gasteiger partial charge on any atom is -0.481 e. The number of carboxylic acid groups (broad SMARTS) is 1. The van der Waals surface area contributed by atoms with Gasteiger partial charge >= 0.3 is 5.97 Å². The number of ether oxygens (including phenoxy) is 1. The van der Waals surface area contributed by atoms with Crippen LogP contribution >= 0.6 is 0 Å². The first-order valence-corrected chi connectivity index (χ1v) is 7.44. The van der Waals surface area contributed by atoms with Crippen LogP contribution in [-0.4, -0.2) is 47.6 Å². The van der Waals surface area contributed by atoms with E-state index < -0.39 is 5.97 Å². The van der Waals surface area contributed by atoms with Crippen molar-refractivity contribution in [2.45, 2.75) is 25.7 Å². The van der Waals surface area contributed by atoms with E-state index in [4.69, 9.17) is 9.84 Å². The molecule has 0 spiro atoms. The standard InChI is InChI=1S/C15H19N3O5/c19-12(16-7-3-1-2-6-14(21)22)9-18-13(20)10-23-11-5-4-8-17-15(11)18/h4-5,8H,1-3,6-7,9-10H2,(H,16,19)(H,21,22). The van der Waals surface area contributed by atoms with E-state index >= 15 is 0 Å². The van der Waals surface area contributed by atoms with E-state index in [2.05, 4.69) is 10.3 Å². The Morgan fingerprint density at radius 2 is 2.17 bits per heavy atom. The van der Waals surface area contributed by atoms with Gasteiger partial charge in [-0.1, -0.05) is 6.42 Å². The molecule has 124 valence electrons. The zero-order chi connectivity index (χ0) is 16.7. The molecule has 2 amide bonds. The Hall–Kier alpha value is -2.64. The molecule has 0 unspecified atom stereocenters. The van der Waals surface area contributed by atoms with Crippen molar-refractivity contribution in [3.8, 4) is 5.75 Å². The second-order valence-corrected chi connectivity index (χ2v) is 5.15. The molecule has 0 saturated carbocycles. The van der Waals surface area contributed by atoms with Crippen LogP contribution < -0.4 is 15.0 Å². The lowest BCUT2D eigenvalue weighted by atomic mass is 10.2. The number of nitrogens with one attached hydrogen (secondary N) is 1. The summed E-state index contributed by atoms with van der Waals surface area (Å²) >= 11 is 0. The normalized spacial score (nSPS) is 13.2. The molecule has 0 aromatic carbocycles. The quantitative estimate of drug-likeness (QED) is 0.678. The number of anilines is 1. The first kappa shape index (κ1) is 16.7. The minimum atomic E-state index is -0.814. The molecule has 0 atom stereocenters. The number of aromatic nitrogens is 1. The maximum absolute atomic E-state index is 11.9. The van der Waals surface area contributed by atoms with Crippen LogP contribution in [0.4, 0.5) is 5.82 Å². The molecule has 2 N–H and O–H groups in total. The van der Waals surface area contributed by atoms with Gasteiger partial charge < -0.3 is 15.2 Å². The maximum Gasteiger partial charge on any atom is 0.303 e. The van der Waals surface area contributed by atoms with Crippen LogP contribution in [0.2, 0.25) is 0 Å². The number of hydrogen-bond donors (Lipinski definition) is 2. The lowest BCUT2D eigenvalue weighted by Gasteiger charge is -2.27. The molecule has 0 fully saturated rings. The van der Waals surface area contributed by atoms with Gasteiger partial charge in [0.05, 0.1) is 0 Å². The summed E-state index contributed by atoms with van der Waals surface area (Å²) in [5.74, 6) is -0.581. The molecule has 0 saturated heterocycles. The molecule has 8 heteroatoms. The fourth-order valence-electron chi connectivity index (χ4n) is 2.20. The van der Waals surface area contributed by atoms with Crippen LogP contribution in [0.3, 0.4) is 0 Å². The van der Waals surface area contributed by atoms with Crippen LogP contribution in [0, 0.1) is 0 Å². The Morgan fingerprint density at radius 1 is 1.35 bits per heavy atom. The Bertz CT molecular complexity index is 590. The highest BCUT2D eigenvalue weighted by Gasteiger charge is 2.28. The van der Waals surface area contributed by atoms with E-state index in [9.17, 15) is 14.4 Å². The highest BCUT2D eigenvalue weighted by molar-refractivity contribution is 6.01. The van der Waals surface area contributed by atoms with Gasteiger partial charge in [0.25, 0.3) is 5.91 Å². The average molecular weight is 321 g/mol. The molecule has 0 aliphatic carbocycles. The second-order valence-electron chi connectivity index (χ2n) is 5.15. The van der Waals surface area contributed by atoms with Gasteiger partial charge in [-0.3, -0.25) is 19.3 Å². The molecule has 2 heterocycles. The summed E-state index contributed by atoms with van der Waals surface area (Å²) in [5.41, 5.74) is 0. The van der Waals surface area contributed by atoms with Crippen molar-refractivity contribution in [2.75, 3.05) is 24.6 Å². The number of nitrogens with zero attached hydrogens (tertiary/aromatic N) is 2. The van der Waals surface area contributed by atoms with Crippen molar-refractivity contribution in [2.24, 2.45) is 0 Å². The van der Waals surface area contributed by atoms with E-state index in [1.165, 1.54) is 11.1 Å². The third kappa shape index (κ3) is 4.94. The molecular formula is C15H19N3O5. The largest absolute Gasteiger partial charge is 0.481 e. The molecule has 8 nitrogen and oxygen atoms in total. The average Bonchev–Trinajstić information content (AvgIpc) is 2.53. The number of rotatable bonds is 8. The lowest BCUT2D eigenvalue weighted by Crippen LogP contribution is -2.45. The van der Waals surface area contributed by atoms with Gasteiger partial charge in [-0.2, -0.15) is 0 Å². The van der Waals surface area contributed by atoms with E-state index in [-0.39, 0.29) is 31.4 Å². The fourth-order valence-corrected chi connectivity index (χ4v) is 2.20. The number of carbonyl (C=O) groups is 3. The number of carboxylic acids is 1. The first-order chi connectivity index (χ1) is 11.1. The molecule has 1 aromatic heterocycles. The minimum absolute atomic E-state index is 0.110. The van der Waals surface area contributed by atoms with Gasteiger partial charge in [0.15, 0.2) is 18.2 Å². The fraction of sp³-hybridized carbons (Fsp3) is 0.467. The van der Waals surface area contributed by atoms with Crippen LogP contribution in [-0.2, 0) is 14.4 Å². The zero-order valence-electron chi connectivity index (χ0n) is 12.7. The van der Waals surface area contributed by atoms with E-state index in [1.54, 1.807) is 12.1 Å². The van der Waals surface area contributed by atoms with E-state index in [1.807, 2.05) is 0 Å². The summed E-state index contributed by atoms with van der Waals surface area (Å²) in [6, 6.07) is 3.39. The molecule has 2 rings (SSSR count). The van der Waals surface area contributed by atoms with Crippen molar-refractivity contribution in [1.29, 1.82) is 0 Å². The van der Waals surface area contributed by atoms with Crippen LogP contribution in [0.15, 0.2) is 18.3 Å². The van der Waals surface area contributed by atoms with Crippen molar-refractivity contribution in [1.82, 2.24) is 10.3 Å². The Morgan fingerprint density at radius 3 is 2.96 bits per heavy atom. The molecule has 23 heavy (non-hydrogen) atoms. The Balaban J connectivity index is 1.77. The van der Waals surface area contributed by atoms with Crippen molar-refractivity contribution in [3.63, 3.8) is 0 Å². The predicted molar refractivity (Wildman–Crippen MR) is 81.2 cm³/mol. The summed E-state index contributed by atoms with van der Waals surface area (Å²) in [7, 11) is 0. The molecular weight excluding hydrogens is 302 g/mol. The number of hydrogen-bond acceptors (Lipinski definition) is 5. The second kappa shape index (κ2) is 8.11. The molecule has 0 radical (unpaired) electrons. The van der Waals surface area contributed by atoms with Crippen molar-refractivity contribution < 1.29 is 24.2 Å². The van der Waals surface area contributed by atoms with Gasteiger partial charge in [0.1, 0.15) is 6.54 Å². The highest BCUT2D eigenvalue weighted by Crippen LogP contribution is 2.28. The first-order valence-electron chi connectivity index (χ1n) is 7.44. The molecule has 1 aromatic rings. The molecule has 1 aliphatic rings. The number of amides is 2. The van der Waals surface area contributed by atoms with Crippen molar-refractivity contribution in [3.05, 3.63) is 18.3 Å². The van der Waals surface area contributed by atoms with Gasteiger partial charge in [-0.25, -0.2) is 4.98 Å². The third-order valence-corrected chi connectivity index (χ3v) is 3.35. The summed E-state index contributed by atoms with van der Waals surface area (Å²) in [4.78, 5) is 39.6. The molecule has 0 bridgehead atoms. The van der Waals surface area contributed by atoms with Crippen LogP contribution in [0.25, 0.3) is 0 Å².